The molecule has 128 valence electrons. The molecule has 0 aromatic heterocycles. The van der Waals surface area contributed by atoms with Gasteiger partial charge in [-0.1, -0.05) is 74.3 Å². The molecule has 0 radical (unpaired) electrons. The molecule has 0 fully saturated rings. The van der Waals surface area contributed by atoms with E-state index in [0.29, 0.717) is 15.2 Å². The van der Waals surface area contributed by atoms with Crippen LogP contribution in [0.5, 0.6) is 5.75 Å². The summed E-state index contributed by atoms with van der Waals surface area (Å²) in [5.41, 5.74) is 4.53. The SMILES string of the molecule is Cc1ccc(Pc2cc(C)ccc2OCc2ccccc2)c(CO)c1. The van der Waals surface area contributed by atoms with Crippen LogP contribution in [0.15, 0.2) is 66.7 Å². The maximum atomic E-state index is 9.67. The van der Waals surface area contributed by atoms with Crippen LogP contribution in [0.4, 0.5) is 0 Å². The van der Waals surface area contributed by atoms with Crippen LogP contribution < -0.4 is 15.3 Å². The van der Waals surface area contributed by atoms with Crippen LogP contribution in [0.3, 0.4) is 0 Å². The van der Waals surface area contributed by atoms with Crippen molar-refractivity contribution in [1.82, 2.24) is 0 Å². The molecule has 3 rings (SSSR count). The maximum Gasteiger partial charge on any atom is 0.127 e. The van der Waals surface area contributed by atoms with Crippen molar-refractivity contribution in [2.75, 3.05) is 0 Å². The molecule has 2 nitrogen and oxygen atoms in total. The quantitative estimate of drug-likeness (QED) is 0.681. The van der Waals surface area contributed by atoms with E-state index >= 15 is 0 Å². The first kappa shape index (κ1) is 17.7. The zero-order chi connectivity index (χ0) is 17.6. The minimum absolute atomic E-state index is 0.0655. The number of rotatable bonds is 6. The van der Waals surface area contributed by atoms with Crippen LogP contribution in [0.25, 0.3) is 0 Å². The van der Waals surface area contributed by atoms with E-state index in [2.05, 4.69) is 49.4 Å². The van der Waals surface area contributed by atoms with Gasteiger partial charge in [-0.15, -0.1) is 0 Å². The van der Waals surface area contributed by atoms with Crippen molar-refractivity contribution in [3.8, 4) is 5.75 Å². The highest BCUT2D eigenvalue weighted by molar-refractivity contribution is 7.55. The topological polar surface area (TPSA) is 29.5 Å². The first-order valence-electron chi connectivity index (χ1n) is 8.40. The van der Waals surface area contributed by atoms with Gasteiger partial charge in [0.1, 0.15) is 12.4 Å². The second-order valence-electron chi connectivity index (χ2n) is 6.22. The van der Waals surface area contributed by atoms with Gasteiger partial charge in [-0.05, 0) is 42.4 Å². The average molecular weight is 350 g/mol. The Balaban J connectivity index is 1.84. The molecule has 3 aromatic rings. The highest BCUT2D eigenvalue weighted by atomic mass is 31.1. The minimum atomic E-state index is 0.0655. The van der Waals surface area contributed by atoms with E-state index in [0.717, 1.165) is 16.9 Å². The summed E-state index contributed by atoms with van der Waals surface area (Å²) in [4.78, 5) is 0. The van der Waals surface area contributed by atoms with Gasteiger partial charge in [0.25, 0.3) is 0 Å². The second kappa shape index (κ2) is 8.29. The lowest BCUT2D eigenvalue weighted by atomic mass is 10.1. The molecular formula is C22H23O2P. The van der Waals surface area contributed by atoms with Gasteiger partial charge in [0.15, 0.2) is 0 Å². The van der Waals surface area contributed by atoms with Gasteiger partial charge in [-0.2, -0.15) is 0 Å². The Morgan fingerprint density at radius 3 is 2.32 bits per heavy atom. The first-order chi connectivity index (χ1) is 12.2. The van der Waals surface area contributed by atoms with Crippen LogP contribution in [0.2, 0.25) is 0 Å². The van der Waals surface area contributed by atoms with Gasteiger partial charge in [-0.25, -0.2) is 0 Å². The summed E-state index contributed by atoms with van der Waals surface area (Å²) in [5.74, 6) is 0.914. The molecule has 0 aliphatic rings. The lowest BCUT2D eigenvalue weighted by molar-refractivity contribution is 0.283. The third-order valence-corrected chi connectivity index (χ3v) is 5.49. The summed E-state index contributed by atoms with van der Waals surface area (Å²) in [6, 6.07) is 22.8. The monoisotopic (exact) mass is 350 g/mol. The number of ether oxygens (including phenoxy) is 1. The minimum Gasteiger partial charge on any atom is -0.488 e. The molecule has 3 aromatic carbocycles. The van der Waals surface area contributed by atoms with E-state index in [-0.39, 0.29) is 6.61 Å². The number of hydrogen-bond donors (Lipinski definition) is 1. The van der Waals surface area contributed by atoms with E-state index in [1.54, 1.807) is 0 Å². The molecule has 0 saturated carbocycles. The predicted octanol–water partition coefficient (Wildman–Crippen LogP) is 4.00. The molecule has 0 aliphatic carbocycles. The Morgan fingerprint density at radius 1 is 0.840 bits per heavy atom. The van der Waals surface area contributed by atoms with Crippen LogP contribution in [0.1, 0.15) is 22.3 Å². The van der Waals surface area contributed by atoms with Gasteiger partial charge in [0.05, 0.1) is 6.61 Å². The van der Waals surface area contributed by atoms with Crippen molar-refractivity contribution >= 4 is 19.2 Å². The van der Waals surface area contributed by atoms with Crippen molar-refractivity contribution in [1.29, 1.82) is 0 Å². The van der Waals surface area contributed by atoms with E-state index in [9.17, 15) is 5.11 Å². The molecule has 3 heteroatoms. The first-order valence-corrected chi connectivity index (χ1v) is 9.40. The zero-order valence-corrected chi connectivity index (χ0v) is 15.6. The highest BCUT2D eigenvalue weighted by Gasteiger charge is 2.09. The summed E-state index contributed by atoms with van der Waals surface area (Å²) < 4.78 is 6.09. The van der Waals surface area contributed by atoms with Crippen LogP contribution in [-0.2, 0) is 13.2 Å². The largest absolute Gasteiger partial charge is 0.488 e. The van der Waals surface area contributed by atoms with E-state index in [1.165, 1.54) is 21.7 Å². The molecule has 0 spiro atoms. The lowest BCUT2D eigenvalue weighted by Crippen LogP contribution is -2.12. The van der Waals surface area contributed by atoms with Crippen molar-refractivity contribution in [3.05, 3.63) is 89.0 Å². The molecule has 0 bridgehead atoms. The molecule has 0 saturated heterocycles. The summed E-state index contributed by atoms with van der Waals surface area (Å²) in [5, 5.41) is 12.0. The standard InChI is InChI=1S/C22H23O2P/c1-16-9-11-21(19(12-16)14-23)25-22-13-17(2)8-10-20(22)24-15-18-6-4-3-5-7-18/h3-13,23,25H,14-15H2,1-2H3. The number of aryl methyl sites for hydroxylation is 2. The van der Waals surface area contributed by atoms with Gasteiger partial charge < -0.3 is 9.84 Å². The molecule has 0 heterocycles. The number of aliphatic hydroxyl groups is 1. The third kappa shape index (κ3) is 4.69. The highest BCUT2D eigenvalue weighted by Crippen LogP contribution is 2.23. The molecular weight excluding hydrogens is 327 g/mol. The second-order valence-corrected chi connectivity index (χ2v) is 7.54. The van der Waals surface area contributed by atoms with Crippen molar-refractivity contribution < 1.29 is 9.84 Å². The molecule has 25 heavy (non-hydrogen) atoms. The van der Waals surface area contributed by atoms with Gasteiger partial charge in [0.2, 0.25) is 0 Å². The fourth-order valence-corrected chi connectivity index (χ4v) is 4.07. The summed E-state index contributed by atoms with van der Waals surface area (Å²) in [7, 11) is 0.456. The fraction of sp³-hybridized carbons (Fsp3) is 0.182. The molecule has 0 amide bonds. The zero-order valence-electron chi connectivity index (χ0n) is 14.6. The molecule has 0 aliphatic heterocycles. The third-order valence-electron chi connectivity index (χ3n) is 4.07. The van der Waals surface area contributed by atoms with Gasteiger partial charge >= 0.3 is 0 Å². The number of benzene rings is 3. The van der Waals surface area contributed by atoms with E-state index in [1.807, 2.05) is 31.2 Å². The summed E-state index contributed by atoms with van der Waals surface area (Å²) in [6.45, 7) is 4.77. The van der Waals surface area contributed by atoms with Crippen molar-refractivity contribution in [3.63, 3.8) is 0 Å². The van der Waals surface area contributed by atoms with Crippen molar-refractivity contribution in [2.45, 2.75) is 27.1 Å². The van der Waals surface area contributed by atoms with E-state index < -0.39 is 0 Å². The Bertz CT molecular complexity index is 844. The molecule has 1 atom stereocenters. The molecule has 1 unspecified atom stereocenters. The van der Waals surface area contributed by atoms with Gasteiger partial charge in [-0.3, -0.25) is 0 Å². The van der Waals surface area contributed by atoms with Crippen LogP contribution in [0, 0.1) is 13.8 Å². The summed E-state index contributed by atoms with van der Waals surface area (Å²) in [6.07, 6.45) is 0. The number of aliphatic hydroxyl groups excluding tert-OH is 1. The maximum absolute atomic E-state index is 9.67. The summed E-state index contributed by atoms with van der Waals surface area (Å²) >= 11 is 0. The Labute approximate surface area is 151 Å². The number of hydrogen-bond acceptors (Lipinski definition) is 2. The average Bonchev–Trinajstić information content (AvgIpc) is 2.63. The Kier molecular flexibility index (Phi) is 5.86. The normalized spacial score (nSPS) is 11.2. The lowest BCUT2D eigenvalue weighted by Gasteiger charge is -2.15. The van der Waals surface area contributed by atoms with Crippen LogP contribution >= 0.6 is 8.58 Å². The Hall–Kier alpha value is -2.15. The van der Waals surface area contributed by atoms with Gasteiger partial charge in [0, 0.05) is 5.30 Å². The molecule has 1 N–H and O–H groups in total. The van der Waals surface area contributed by atoms with E-state index in [4.69, 9.17) is 4.74 Å². The fourth-order valence-electron chi connectivity index (χ4n) is 2.72. The van der Waals surface area contributed by atoms with Crippen molar-refractivity contribution in [2.24, 2.45) is 0 Å². The smallest absolute Gasteiger partial charge is 0.127 e. The van der Waals surface area contributed by atoms with Crippen LogP contribution in [-0.4, -0.2) is 5.11 Å². The predicted molar refractivity (Wildman–Crippen MR) is 107 cm³/mol. The Morgan fingerprint density at radius 2 is 1.56 bits per heavy atom.